The van der Waals surface area contributed by atoms with Gasteiger partial charge >= 0.3 is 0 Å². The topological polar surface area (TPSA) is 110 Å². The first-order valence-electron chi connectivity index (χ1n) is 9.10. The number of hydrogen-bond donors (Lipinski definition) is 1. The molecule has 30 heavy (non-hydrogen) atoms. The molecule has 1 heterocycles. The van der Waals surface area contributed by atoms with E-state index >= 15 is 0 Å². The molecular formula is C19H19ClFN3O5S. The number of piperidine rings is 1. The van der Waals surface area contributed by atoms with Gasteiger partial charge in [0.05, 0.1) is 14.8 Å². The second-order valence-corrected chi connectivity index (χ2v) is 9.32. The van der Waals surface area contributed by atoms with Gasteiger partial charge in [0.25, 0.3) is 5.69 Å². The summed E-state index contributed by atoms with van der Waals surface area (Å²) in [7, 11) is -3.93. The predicted molar refractivity (Wildman–Crippen MR) is 109 cm³/mol. The number of sulfonamides is 1. The SMILES string of the molecule is Cc1ccc([N+](=O)[O-])cc1S(=O)(=O)N1CCC(C(=O)Nc2ccc(F)c(Cl)c2)CC1. The number of benzene rings is 2. The maximum atomic E-state index is 13.2. The zero-order chi connectivity index (χ0) is 22.1. The Morgan fingerprint density at radius 1 is 1.23 bits per heavy atom. The summed E-state index contributed by atoms with van der Waals surface area (Å²) in [5.74, 6) is -1.32. The van der Waals surface area contributed by atoms with Gasteiger partial charge in [-0.15, -0.1) is 0 Å². The summed E-state index contributed by atoms with van der Waals surface area (Å²) < 4.78 is 40.4. The number of rotatable bonds is 5. The van der Waals surface area contributed by atoms with Gasteiger partial charge in [0, 0.05) is 36.8 Å². The van der Waals surface area contributed by atoms with Crippen LogP contribution in [0.15, 0.2) is 41.3 Å². The average molecular weight is 456 g/mol. The van der Waals surface area contributed by atoms with E-state index in [2.05, 4.69) is 5.32 Å². The lowest BCUT2D eigenvalue weighted by atomic mass is 9.97. The summed E-state index contributed by atoms with van der Waals surface area (Å²) >= 11 is 5.71. The summed E-state index contributed by atoms with van der Waals surface area (Å²) in [6.45, 7) is 1.78. The molecule has 0 aliphatic carbocycles. The number of nitro benzene ring substituents is 1. The standard InChI is InChI=1S/C19H19ClFN3O5S/c1-12-2-4-15(24(26)27)11-18(12)30(28,29)23-8-6-13(7-9-23)19(25)22-14-3-5-17(21)16(20)10-14/h2-5,10-11,13H,6-9H2,1H3,(H,22,25). The number of nitro groups is 1. The van der Waals surface area contributed by atoms with Gasteiger partial charge in [0.1, 0.15) is 5.82 Å². The van der Waals surface area contributed by atoms with Gasteiger partial charge in [-0.3, -0.25) is 14.9 Å². The number of nitrogens with zero attached hydrogens (tertiary/aromatic N) is 2. The normalized spacial score (nSPS) is 15.7. The number of carbonyl (C=O) groups excluding carboxylic acids is 1. The number of non-ortho nitro benzene ring substituents is 1. The Morgan fingerprint density at radius 2 is 1.90 bits per heavy atom. The van der Waals surface area contributed by atoms with E-state index in [1.165, 1.54) is 28.6 Å². The van der Waals surface area contributed by atoms with E-state index in [0.29, 0.717) is 11.3 Å². The average Bonchev–Trinajstić information content (AvgIpc) is 2.70. The number of anilines is 1. The zero-order valence-corrected chi connectivity index (χ0v) is 17.5. The molecule has 0 spiro atoms. The van der Waals surface area contributed by atoms with Crippen LogP contribution in [0.2, 0.25) is 5.02 Å². The summed E-state index contributed by atoms with van der Waals surface area (Å²) in [5.41, 5.74) is 0.466. The van der Waals surface area contributed by atoms with Crippen LogP contribution < -0.4 is 5.32 Å². The molecule has 0 aromatic heterocycles. The number of nitrogens with one attached hydrogen (secondary N) is 1. The second kappa shape index (κ2) is 8.66. The highest BCUT2D eigenvalue weighted by atomic mass is 35.5. The van der Waals surface area contributed by atoms with Crippen molar-refractivity contribution in [2.24, 2.45) is 5.92 Å². The van der Waals surface area contributed by atoms with E-state index in [4.69, 9.17) is 11.6 Å². The summed E-state index contributed by atoms with van der Waals surface area (Å²) in [6.07, 6.45) is 0.571. The number of carbonyl (C=O) groups is 1. The molecule has 11 heteroatoms. The molecule has 2 aromatic carbocycles. The van der Waals surface area contributed by atoms with Crippen molar-refractivity contribution in [3.05, 3.63) is 62.9 Å². The van der Waals surface area contributed by atoms with Crippen molar-refractivity contribution in [2.45, 2.75) is 24.7 Å². The Bertz CT molecular complexity index is 1100. The minimum Gasteiger partial charge on any atom is -0.326 e. The van der Waals surface area contributed by atoms with Gasteiger partial charge in [0.2, 0.25) is 15.9 Å². The zero-order valence-electron chi connectivity index (χ0n) is 16.0. The monoisotopic (exact) mass is 455 g/mol. The largest absolute Gasteiger partial charge is 0.326 e. The highest BCUT2D eigenvalue weighted by Crippen LogP contribution is 2.29. The maximum absolute atomic E-state index is 13.2. The molecule has 0 radical (unpaired) electrons. The van der Waals surface area contributed by atoms with Crippen LogP contribution in [0.1, 0.15) is 18.4 Å². The first-order chi connectivity index (χ1) is 14.1. The van der Waals surface area contributed by atoms with Crippen LogP contribution >= 0.6 is 11.6 Å². The summed E-state index contributed by atoms with van der Waals surface area (Å²) in [5, 5.41) is 13.5. The van der Waals surface area contributed by atoms with Gasteiger partial charge in [-0.2, -0.15) is 4.31 Å². The van der Waals surface area contributed by atoms with Crippen LogP contribution in [0.3, 0.4) is 0 Å². The fraction of sp³-hybridized carbons (Fsp3) is 0.316. The van der Waals surface area contributed by atoms with E-state index in [-0.39, 0.29) is 47.4 Å². The van der Waals surface area contributed by atoms with Crippen LogP contribution in [-0.4, -0.2) is 36.6 Å². The highest BCUT2D eigenvalue weighted by Gasteiger charge is 2.33. The molecule has 0 bridgehead atoms. The van der Waals surface area contributed by atoms with E-state index in [1.54, 1.807) is 6.92 Å². The van der Waals surface area contributed by atoms with E-state index < -0.39 is 26.7 Å². The minimum atomic E-state index is -3.93. The Balaban J connectivity index is 1.68. The van der Waals surface area contributed by atoms with Crippen molar-refractivity contribution >= 4 is 38.9 Å². The molecule has 3 rings (SSSR count). The Morgan fingerprint density at radius 3 is 2.50 bits per heavy atom. The molecule has 1 saturated heterocycles. The van der Waals surface area contributed by atoms with Gasteiger partial charge < -0.3 is 5.32 Å². The molecule has 0 unspecified atom stereocenters. The number of halogens is 2. The fourth-order valence-corrected chi connectivity index (χ4v) is 5.19. The Kier molecular flexibility index (Phi) is 6.39. The van der Waals surface area contributed by atoms with Crippen molar-refractivity contribution in [2.75, 3.05) is 18.4 Å². The third-order valence-corrected chi connectivity index (χ3v) is 7.34. The molecule has 0 saturated carbocycles. The van der Waals surface area contributed by atoms with Crippen LogP contribution in [0, 0.1) is 28.8 Å². The summed E-state index contributed by atoms with van der Waals surface area (Å²) in [4.78, 5) is 22.7. The predicted octanol–water partition coefficient (Wildman–Crippen LogP) is 3.74. The lowest BCUT2D eigenvalue weighted by molar-refractivity contribution is -0.385. The third-order valence-electron chi connectivity index (χ3n) is 5.01. The van der Waals surface area contributed by atoms with Gasteiger partial charge in [-0.05, 0) is 43.5 Å². The molecule has 0 atom stereocenters. The van der Waals surface area contributed by atoms with E-state index in [9.17, 15) is 27.7 Å². The van der Waals surface area contributed by atoms with E-state index in [1.807, 2.05) is 0 Å². The van der Waals surface area contributed by atoms with Crippen LogP contribution in [0.25, 0.3) is 0 Å². The molecule has 1 aliphatic rings. The van der Waals surface area contributed by atoms with Crippen molar-refractivity contribution in [1.29, 1.82) is 0 Å². The van der Waals surface area contributed by atoms with Crippen LogP contribution in [0.4, 0.5) is 15.8 Å². The Labute approximate surface area is 177 Å². The van der Waals surface area contributed by atoms with Crippen molar-refractivity contribution < 1.29 is 22.5 Å². The first kappa shape index (κ1) is 22.1. The highest BCUT2D eigenvalue weighted by molar-refractivity contribution is 7.89. The lowest BCUT2D eigenvalue weighted by Gasteiger charge is -2.30. The third kappa shape index (κ3) is 4.61. The minimum absolute atomic E-state index is 0.104. The summed E-state index contributed by atoms with van der Waals surface area (Å²) in [6, 6.07) is 7.56. The molecular weight excluding hydrogens is 437 g/mol. The molecule has 8 nitrogen and oxygen atoms in total. The second-order valence-electron chi connectivity index (χ2n) is 7.00. The number of hydrogen-bond acceptors (Lipinski definition) is 5. The van der Waals surface area contributed by atoms with Gasteiger partial charge in [-0.25, -0.2) is 12.8 Å². The van der Waals surface area contributed by atoms with Crippen LogP contribution in [0.5, 0.6) is 0 Å². The first-order valence-corrected chi connectivity index (χ1v) is 10.9. The fourth-order valence-electron chi connectivity index (χ4n) is 3.30. The van der Waals surface area contributed by atoms with Crippen molar-refractivity contribution in [3.63, 3.8) is 0 Å². The molecule has 1 fully saturated rings. The smallest absolute Gasteiger partial charge is 0.270 e. The van der Waals surface area contributed by atoms with Crippen molar-refractivity contribution in [3.8, 4) is 0 Å². The molecule has 1 amide bonds. The lowest BCUT2D eigenvalue weighted by Crippen LogP contribution is -2.41. The molecule has 160 valence electrons. The van der Waals surface area contributed by atoms with E-state index in [0.717, 1.165) is 12.1 Å². The Hall–Kier alpha value is -2.56. The maximum Gasteiger partial charge on any atom is 0.270 e. The molecule has 1 aliphatic heterocycles. The number of aryl methyl sites for hydroxylation is 1. The molecule has 1 N–H and O–H groups in total. The number of amides is 1. The van der Waals surface area contributed by atoms with Gasteiger partial charge in [-0.1, -0.05) is 17.7 Å². The van der Waals surface area contributed by atoms with Crippen LogP contribution in [-0.2, 0) is 14.8 Å². The molecule has 2 aromatic rings. The van der Waals surface area contributed by atoms with Crippen molar-refractivity contribution in [1.82, 2.24) is 4.31 Å². The van der Waals surface area contributed by atoms with Gasteiger partial charge in [0.15, 0.2) is 0 Å². The quantitative estimate of drug-likeness (QED) is 0.545.